The Morgan fingerprint density at radius 1 is 1.56 bits per heavy atom. The molecule has 0 spiro atoms. The van der Waals surface area contributed by atoms with E-state index in [1.54, 1.807) is 0 Å². The molecule has 2 aliphatic rings. The summed E-state index contributed by atoms with van der Waals surface area (Å²) in [5, 5.41) is 3.42. The minimum Gasteiger partial charge on any atom is -0.494 e. The van der Waals surface area contributed by atoms with Gasteiger partial charge in [-0.3, -0.25) is 4.79 Å². The smallest absolute Gasteiger partial charge is 0.292 e. The van der Waals surface area contributed by atoms with Crippen molar-refractivity contribution in [2.24, 2.45) is 0 Å². The molecule has 0 aromatic carbocycles. The molecule has 1 unspecified atom stereocenters. The molecule has 2 heterocycles. The lowest BCUT2D eigenvalue weighted by atomic mass is 10.2. The number of hydrogen-bond acceptors (Lipinski definition) is 4. The van der Waals surface area contributed by atoms with Gasteiger partial charge in [0.25, 0.3) is 5.91 Å². The molecule has 0 aromatic heterocycles. The van der Waals surface area contributed by atoms with Gasteiger partial charge in [0, 0.05) is 19.1 Å². The van der Waals surface area contributed by atoms with Crippen LogP contribution in [0.4, 0.5) is 0 Å². The van der Waals surface area contributed by atoms with Gasteiger partial charge >= 0.3 is 0 Å². The first-order valence-corrected chi connectivity index (χ1v) is 6.78. The highest BCUT2D eigenvalue weighted by Crippen LogP contribution is 2.12. The molecular weight excluding hydrogens is 232 g/mol. The van der Waals surface area contributed by atoms with Crippen LogP contribution in [0.3, 0.4) is 0 Å². The third kappa shape index (κ3) is 3.38. The molecule has 1 saturated heterocycles. The van der Waals surface area contributed by atoms with Crippen molar-refractivity contribution < 1.29 is 14.3 Å². The first-order valence-electron chi connectivity index (χ1n) is 6.78. The quantitative estimate of drug-likeness (QED) is 0.791. The highest BCUT2D eigenvalue weighted by molar-refractivity contribution is 5.91. The number of ether oxygens (including phenoxy) is 2. The van der Waals surface area contributed by atoms with Crippen molar-refractivity contribution in [2.75, 3.05) is 32.8 Å². The number of nitrogens with one attached hydrogen (secondary N) is 1. The Morgan fingerprint density at radius 2 is 2.44 bits per heavy atom. The van der Waals surface area contributed by atoms with Crippen molar-refractivity contribution >= 4 is 5.91 Å². The van der Waals surface area contributed by atoms with Crippen LogP contribution in [0.5, 0.6) is 0 Å². The van der Waals surface area contributed by atoms with Gasteiger partial charge in [0.1, 0.15) is 19.5 Å². The van der Waals surface area contributed by atoms with E-state index in [0.717, 1.165) is 32.5 Å². The van der Waals surface area contributed by atoms with Gasteiger partial charge in [-0.05, 0) is 25.8 Å². The van der Waals surface area contributed by atoms with Gasteiger partial charge in [-0.2, -0.15) is 0 Å². The third-order valence-electron chi connectivity index (χ3n) is 3.24. The monoisotopic (exact) mass is 254 g/mol. The summed E-state index contributed by atoms with van der Waals surface area (Å²) in [6.07, 6.45) is 4.73. The van der Waals surface area contributed by atoms with Crippen LogP contribution in [-0.4, -0.2) is 49.7 Å². The number of amides is 1. The van der Waals surface area contributed by atoms with Crippen LogP contribution >= 0.6 is 0 Å². The minimum atomic E-state index is -0.0507. The Bertz CT molecular complexity index is 311. The molecule has 0 bridgehead atoms. The Kier molecular flexibility index (Phi) is 4.87. The lowest BCUT2D eigenvalue weighted by Crippen LogP contribution is -2.42. The maximum atomic E-state index is 12.3. The fraction of sp³-hybridized carbons (Fsp3) is 0.769. The van der Waals surface area contributed by atoms with Gasteiger partial charge in [0.2, 0.25) is 5.76 Å². The summed E-state index contributed by atoms with van der Waals surface area (Å²) >= 11 is 0. The SMILES string of the molecule is CCCN(CC1CCCN1)C(=O)C1=COCCO1. The average molecular weight is 254 g/mol. The lowest BCUT2D eigenvalue weighted by Gasteiger charge is -2.27. The molecule has 18 heavy (non-hydrogen) atoms. The van der Waals surface area contributed by atoms with E-state index in [0.29, 0.717) is 25.0 Å². The molecule has 5 nitrogen and oxygen atoms in total. The summed E-state index contributed by atoms with van der Waals surface area (Å²) in [5.41, 5.74) is 0. The summed E-state index contributed by atoms with van der Waals surface area (Å²) in [7, 11) is 0. The van der Waals surface area contributed by atoms with E-state index in [-0.39, 0.29) is 5.91 Å². The maximum absolute atomic E-state index is 12.3. The summed E-state index contributed by atoms with van der Waals surface area (Å²) < 4.78 is 10.5. The standard InChI is InChI=1S/C13H22N2O3/c1-2-6-15(9-11-4-3-5-14-11)13(16)12-10-17-7-8-18-12/h10-11,14H,2-9H2,1H3. The highest BCUT2D eigenvalue weighted by atomic mass is 16.6. The molecule has 1 N–H and O–H groups in total. The predicted molar refractivity (Wildman–Crippen MR) is 67.9 cm³/mol. The summed E-state index contributed by atoms with van der Waals surface area (Å²) in [6.45, 7) is 5.63. The second kappa shape index (κ2) is 6.64. The molecule has 1 atom stereocenters. The normalized spacial score (nSPS) is 22.9. The fourth-order valence-electron chi connectivity index (χ4n) is 2.36. The molecule has 0 saturated carbocycles. The molecule has 2 rings (SSSR count). The van der Waals surface area contributed by atoms with E-state index >= 15 is 0 Å². The van der Waals surface area contributed by atoms with Crippen molar-refractivity contribution in [2.45, 2.75) is 32.2 Å². The number of nitrogens with zero attached hydrogens (tertiary/aromatic N) is 1. The molecule has 0 aliphatic carbocycles. The summed E-state index contributed by atoms with van der Waals surface area (Å²) in [5.74, 6) is 0.290. The number of hydrogen-bond donors (Lipinski definition) is 1. The Balaban J connectivity index is 1.94. The molecule has 0 radical (unpaired) electrons. The molecule has 5 heteroatoms. The highest BCUT2D eigenvalue weighted by Gasteiger charge is 2.25. The van der Waals surface area contributed by atoms with Crippen LogP contribution in [-0.2, 0) is 14.3 Å². The van der Waals surface area contributed by atoms with Crippen molar-refractivity contribution in [1.29, 1.82) is 0 Å². The number of carbonyl (C=O) groups is 1. The Hall–Kier alpha value is -1.23. The molecular formula is C13H22N2O3. The van der Waals surface area contributed by atoms with Crippen LogP contribution in [0.15, 0.2) is 12.0 Å². The Labute approximate surface area is 108 Å². The number of rotatable bonds is 5. The van der Waals surface area contributed by atoms with Gasteiger partial charge in [-0.15, -0.1) is 0 Å². The zero-order valence-electron chi connectivity index (χ0n) is 11.0. The Morgan fingerprint density at radius 3 is 3.06 bits per heavy atom. The first-order chi connectivity index (χ1) is 8.81. The van der Waals surface area contributed by atoms with E-state index in [4.69, 9.17) is 9.47 Å². The fourth-order valence-corrected chi connectivity index (χ4v) is 2.36. The molecule has 102 valence electrons. The van der Waals surface area contributed by atoms with Gasteiger partial charge in [-0.25, -0.2) is 0 Å². The first kappa shape index (κ1) is 13.2. The van der Waals surface area contributed by atoms with Crippen molar-refractivity contribution in [1.82, 2.24) is 10.2 Å². The predicted octanol–water partition coefficient (Wildman–Crippen LogP) is 0.865. The second-order valence-electron chi connectivity index (χ2n) is 4.75. The minimum absolute atomic E-state index is 0.0507. The van der Waals surface area contributed by atoms with E-state index in [1.165, 1.54) is 12.7 Å². The lowest BCUT2D eigenvalue weighted by molar-refractivity contribution is -0.132. The molecule has 2 aliphatic heterocycles. The summed E-state index contributed by atoms with van der Waals surface area (Å²) in [6, 6.07) is 0.422. The molecule has 1 fully saturated rings. The zero-order valence-corrected chi connectivity index (χ0v) is 11.0. The van der Waals surface area contributed by atoms with Crippen molar-refractivity contribution in [3.8, 4) is 0 Å². The molecule has 1 amide bonds. The van der Waals surface area contributed by atoms with E-state index in [9.17, 15) is 4.79 Å². The largest absolute Gasteiger partial charge is 0.494 e. The second-order valence-corrected chi connectivity index (χ2v) is 4.75. The van der Waals surface area contributed by atoms with Crippen molar-refractivity contribution in [3.63, 3.8) is 0 Å². The van der Waals surface area contributed by atoms with Gasteiger partial charge in [0.05, 0.1) is 0 Å². The topological polar surface area (TPSA) is 50.8 Å². The third-order valence-corrected chi connectivity index (χ3v) is 3.24. The van der Waals surface area contributed by atoms with Crippen molar-refractivity contribution in [3.05, 3.63) is 12.0 Å². The zero-order chi connectivity index (χ0) is 12.8. The van der Waals surface area contributed by atoms with E-state index in [1.807, 2.05) is 4.90 Å². The molecule has 0 aromatic rings. The van der Waals surface area contributed by atoms with E-state index < -0.39 is 0 Å². The maximum Gasteiger partial charge on any atom is 0.292 e. The van der Waals surface area contributed by atoms with Crippen LogP contribution < -0.4 is 5.32 Å². The van der Waals surface area contributed by atoms with Gasteiger partial charge < -0.3 is 19.7 Å². The van der Waals surface area contributed by atoms with Crippen LogP contribution in [0.1, 0.15) is 26.2 Å². The summed E-state index contributed by atoms with van der Waals surface area (Å²) in [4.78, 5) is 14.2. The van der Waals surface area contributed by atoms with Gasteiger partial charge in [0.15, 0.2) is 0 Å². The van der Waals surface area contributed by atoms with Crippen LogP contribution in [0.25, 0.3) is 0 Å². The van der Waals surface area contributed by atoms with Gasteiger partial charge in [-0.1, -0.05) is 6.92 Å². The van der Waals surface area contributed by atoms with Crippen LogP contribution in [0.2, 0.25) is 0 Å². The number of carbonyl (C=O) groups excluding carboxylic acids is 1. The van der Waals surface area contributed by atoms with E-state index in [2.05, 4.69) is 12.2 Å². The van der Waals surface area contributed by atoms with Crippen LogP contribution in [0, 0.1) is 0 Å². The average Bonchev–Trinajstić information content (AvgIpc) is 2.91.